The summed E-state index contributed by atoms with van der Waals surface area (Å²) in [7, 11) is 0. The summed E-state index contributed by atoms with van der Waals surface area (Å²) in [5, 5.41) is 3.16. The Bertz CT molecular complexity index is 1150. The summed E-state index contributed by atoms with van der Waals surface area (Å²) in [6.07, 6.45) is -6.69. The number of alkyl carbamates (subject to hydrolysis) is 1. The summed E-state index contributed by atoms with van der Waals surface area (Å²) < 4.78 is 42.9. The number of nitrogens with zero attached hydrogens (tertiary/aromatic N) is 1. The van der Waals surface area contributed by atoms with E-state index >= 15 is 0 Å². The lowest BCUT2D eigenvalue weighted by Crippen LogP contribution is -2.50. The molecule has 1 aliphatic heterocycles. The van der Waals surface area contributed by atoms with E-state index in [4.69, 9.17) is 16.3 Å². The van der Waals surface area contributed by atoms with Crippen LogP contribution in [0, 0.1) is 0 Å². The van der Waals surface area contributed by atoms with E-state index in [0.717, 1.165) is 5.56 Å². The molecule has 2 aromatic rings. The van der Waals surface area contributed by atoms with E-state index in [-0.39, 0.29) is 30.7 Å². The average molecular weight is 557 g/mol. The van der Waals surface area contributed by atoms with Crippen LogP contribution in [0.4, 0.5) is 23.7 Å². The third-order valence-electron chi connectivity index (χ3n) is 5.35. The molecule has 0 saturated heterocycles. The highest BCUT2D eigenvalue weighted by molar-refractivity contribution is 7.99. The molecule has 11 heteroatoms. The molecule has 37 heavy (non-hydrogen) atoms. The summed E-state index contributed by atoms with van der Waals surface area (Å²) in [5.41, 5.74) is 0.667. The van der Waals surface area contributed by atoms with Crippen LogP contribution in [0.15, 0.2) is 47.4 Å². The molecule has 0 unspecified atom stereocenters. The molecule has 1 N–H and O–H groups in total. The van der Waals surface area contributed by atoms with Crippen LogP contribution in [0.5, 0.6) is 0 Å². The van der Waals surface area contributed by atoms with E-state index < -0.39 is 42.0 Å². The highest BCUT2D eigenvalue weighted by Gasteiger charge is 2.34. The molecular formula is C26H28ClF3N2O4S. The van der Waals surface area contributed by atoms with E-state index in [0.29, 0.717) is 15.6 Å². The molecule has 2 aromatic carbocycles. The van der Waals surface area contributed by atoms with Crippen LogP contribution in [0.2, 0.25) is 5.02 Å². The van der Waals surface area contributed by atoms with Gasteiger partial charge in [0.2, 0.25) is 0 Å². The number of rotatable bonds is 7. The number of thioether (sulfide) groups is 1. The number of anilines is 1. The average Bonchev–Trinajstić information content (AvgIpc) is 2.90. The van der Waals surface area contributed by atoms with Crippen LogP contribution >= 0.6 is 23.4 Å². The number of amides is 2. The molecule has 0 fully saturated rings. The quantitative estimate of drug-likeness (QED) is 0.380. The summed E-state index contributed by atoms with van der Waals surface area (Å²) in [6.45, 7) is 5.27. The molecule has 1 atom stereocenters. The van der Waals surface area contributed by atoms with Gasteiger partial charge in [-0.3, -0.25) is 9.59 Å². The van der Waals surface area contributed by atoms with Gasteiger partial charge in [0, 0.05) is 34.1 Å². The zero-order valence-corrected chi connectivity index (χ0v) is 22.2. The summed E-state index contributed by atoms with van der Waals surface area (Å²) >= 11 is 7.32. The first-order valence-corrected chi connectivity index (χ1v) is 13.0. The fourth-order valence-corrected chi connectivity index (χ4v) is 4.84. The Kier molecular flexibility index (Phi) is 9.18. The van der Waals surface area contributed by atoms with Crippen molar-refractivity contribution < 1.29 is 32.3 Å². The molecule has 0 aliphatic carbocycles. The third kappa shape index (κ3) is 8.67. The standard InChI is InChI=1S/C26H28ClF3N2O4S/c1-25(2,3)36-24(35)31-19-15-37-22-11-8-17(21(33)5-4-12-26(28,29)30)13-20(22)32(23(19)34)14-16-6-9-18(27)10-7-16/h6-11,13,19H,4-5,12,14-15H2,1-3H3,(H,31,35)/t19-/m0/s1. The maximum absolute atomic E-state index is 13.7. The Hall–Kier alpha value is -2.72. The Morgan fingerprint density at radius 1 is 1.14 bits per heavy atom. The lowest BCUT2D eigenvalue weighted by Gasteiger charge is -2.27. The molecular weight excluding hydrogens is 529 g/mol. The first-order valence-electron chi connectivity index (χ1n) is 11.6. The van der Waals surface area contributed by atoms with Crippen molar-refractivity contribution in [2.24, 2.45) is 0 Å². The molecule has 6 nitrogen and oxygen atoms in total. The number of fused-ring (bicyclic) bond motifs is 1. The van der Waals surface area contributed by atoms with Gasteiger partial charge in [0.05, 0.1) is 12.2 Å². The molecule has 0 bridgehead atoms. The first kappa shape index (κ1) is 28.8. The van der Waals surface area contributed by atoms with E-state index in [1.165, 1.54) is 22.7 Å². The lowest BCUT2D eigenvalue weighted by atomic mass is 10.0. The van der Waals surface area contributed by atoms with Crippen LogP contribution in [0.25, 0.3) is 0 Å². The predicted molar refractivity (Wildman–Crippen MR) is 137 cm³/mol. The Labute approximate surface area is 222 Å². The minimum absolute atomic E-state index is 0.127. The van der Waals surface area contributed by atoms with Crippen molar-refractivity contribution in [2.45, 2.75) is 69.3 Å². The molecule has 200 valence electrons. The van der Waals surface area contributed by atoms with Crippen molar-refractivity contribution >= 4 is 46.8 Å². The molecule has 2 amide bonds. The van der Waals surface area contributed by atoms with Gasteiger partial charge >= 0.3 is 12.3 Å². The van der Waals surface area contributed by atoms with Crippen molar-refractivity contribution in [3.05, 3.63) is 58.6 Å². The normalized spacial score (nSPS) is 16.1. The smallest absolute Gasteiger partial charge is 0.408 e. The SMILES string of the molecule is CC(C)(C)OC(=O)N[C@H]1CSc2ccc(C(=O)CCCC(F)(F)F)cc2N(Cc2ccc(Cl)cc2)C1=O. The number of carbonyl (C=O) groups is 3. The molecule has 0 aromatic heterocycles. The van der Waals surface area contributed by atoms with Crippen LogP contribution in [0.3, 0.4) is 0 Å². The largest absolute Gasteiger partial charge is 0.444 e. The Balaban J connectivity index is 1.90. The van der Waals surface area contributed by atoms with E-state index in [2.05, 4.69) is 5.32 Å². The second-order valence-corrected chi connectivity index (χ2v) is 11.1. The van der Waals surface area contributed by atoms with Crippen LogP contribution in [-0.2, 0) is 16.1 Å². The van der Waals surface area contributed by atoms with Gasteiger partial charge in [-0.25, -0.2) is 4.79 Å². The topological polar surface area (TPSA) is 75.7 Å². The third-order valence-corrected chi connectivity index (χ3v) is 6.76. The summed E-state index contributed by atoms with van der Waals surface area (Å²) in [4.78, 5) is 40.9. The second-order valence-electron chi connectivity index (χ2n) is 9.64. The van der Waals surface area contributed by atoms with Gasteiger partial charge in [-0.2, -0.15) is 13.2 Å². The fraction of sp³-hybridized carbons (Fsp3) is 0.423. The number of nitrogens with one attached hydrogen (secondary N) is 1. The van der Waals surface area contributed by atoms with Gasteiger partial charge in [0.15, 0.2) is 5.78 Å². The van der Waals surface area contributed by atoms with Crippen LogP contribution in [-0.4, -0.2) is 41.4 Å². The summed E-state index contributed by atoms with van der Waals surface area (Å²) in [5.74, 6) is -0.626. The second kappa shape index (κ2) is 11.8. The van der Waals surface area contributed by atoms with Crippen LogP contribution in [0.1, 0.15) is 56.0 Å². The van der Waals surface area contributed by atoms with E-state index in [9.17, 15) is 27.6 Å². The minimum Gasteiger partial charge on any atom is -0.444 e. The number of ether oxygens (including phenoxy) is 1. The number of ketones is 1. The molecule has 1 heterocycles. The highest BCUT2D eigenvalue weighted by Crippen LogP contribution is 2.37. The fourth-order valence-electron chi connectivity index (χ4n) is 3.66. The van der Waals surface area contributed by atoms with E-state index in [1.54, 1.807) is 57.2 Å². The van der Waals surface area contributed by atoms with Gasteiger partial charge in [-0.05, 0) is 57.0 Å². The lowest BCUT2D eigenvalue weighted by molar-refractivity contribution is -0.135. The first-order chi connectivity index (χ1) is 17.2. The number of Topliss-reactive ketones (excluding diaryl/α,β-unsaturated/α-hetero) is 1. The molecule has 0 saturated carbocycles. The van der Waals surface area contributed by atoms with Crippen molar-refractivity contribution in [1.29, 1.82) is 0 Å². The zero-order chi connectivity index (χ0) is 27.4. The number of hydrogen-bond donors (Lipinski definition) is 1. The Morgan fingerprint density at radius 3 is 2.43 bits per heavy atom. The van der Waals surface area contributed by atoms with Gasteiger partial charge in [0.25, 0.3) is 5.91 Å². The minimum atomic E-state index is -4.33. The maximum Gasteiger partial charge on any atom is 0.408 e. The van der Waals surface area contributed by atoms with Crippen LogP contribution < -0.4 is 10.2 Å². The number of benzene rings is 2. The van der Waals surface area contributed by atoms with Gasteiger partial charge in [-0.15, -0.1) is 11.8 Å². The predicted octanol–water partition coefficient (Wildman–Crippen LogP) is 6.79. The zero-order valence-electron chi connectivity index (χ0n) is 20.7. The van der Waals surface area contributed by atoms with Gasteiger partial charge < -0.3 is 15.0 Å². The Morgan fingerprint density at radius 2 is 1.81 bits per heavy atom. The maximum atomic E-state index is 13.7. The number of hydrogen-bond acceptors (Lipinski definition) is 5. The number of halogens is 4. The van der Waals surface area contributed by atoms with Gasteiger partial charge in [0.1, 0.15) is 11.6 Å². The number of carbonyl (C=O) groups excluding carboxylic acids is 3. The monoisotopic (exact) mass is 556 g/mol. The highest BCUT2D eigenvalue weighted by atomic mass is 35.5. The van der Waals surface area contributed by atoms with Crippen molar-refractivity contribution in [2.75, 3.05) is 10.7 Å². The molecule has 3 rings (SSSR count). The van der Waals surface area contributed by atoms with Crippen molar-refractivity contribution in [1.82, 2.24) is 5.32 Å². The molecule has 1 aliphatic rings. The van der Waals surface area contributed by atoms with Crippen molar-refractivity contribution in [3.8, 4) is 0 Å². The summed E-state index contributed by atoms with van der Waals surface area (Å²) in [6, 6.07) is 10.7. The number of alkyl halides is 3. The van der Waals surface area contributed by atoms with E-state index in [1.807, 2.05) is 0 Å². The molecule has 0 radical (unpaired) electrons. The molecule has 0 spiro atoms. The van der Waals surface area contributed by atoms with Gasteiger partial charge in [-0.1, -0.05) is 29.8 Å². The van der Waals surface area contributed by atoms with Crippen molar-refractivity contribution in [3.63, 3.8) is 0 Å².